The number of aldehydes is 1. The molecule has 2 amide bonds. The van der Waals surface area contributed by atoms with Crippen LogP contribution < -0.4 is 0 Å². The molecule has 1 unspecified atom stereocenters. The number of imide groups is 1. The highest BCUT2D eigenvalue weighted by Gasteiger charge is 2.38. The van der Waals surface area contributed by atoms with Crippen LogP contribution in [0.5, 0.6) is 0 Å². The number of benzene rings is 2. The minimum Gasteiger partial charge on any atom is -0.446 e. The fourth-order valence-electron chi connectivity index (χ4n) is 3.41. The average Bonchev–Trinajstić information content (AvgIpc) is 3.29. The van der Waals surface area contributed by atoms with Crippen molar-refractivity contribution in [3.63, 3.8) is 0 Å². The largest absolute Gasteiger partial charge is 0.446 e. The second-order valence-electron chi connectivity index (χ2n) is 6.53. The summed E-state index contributed by atoms with van der Waals surface area (Å²) in [5.41, 5.74) is 3.24. The average molecular weight is 362 g/mol. The predicted octanol–water partition coefficient (Wildman–Crippen LogP) is 3.63. The van der Waals surface area contributed by atoms with Gasteiger partial charge in [-0.25, -0.2) is 9.69 Å². The van der Waals surface area contributed by atoms with E-state index in [-0.39, 0.29) is 25.0 Å². The molecule has 27 heavy (non-hydrogen) atoms. The molecule has 1 aromatic heterocycles. The van der Waals surface area contributed by atoms with E-state index >= 15 is 0 Å². The van der Waals surface area contributed by atoms with Crippen molar-refractivity contribution < 1.29 is 19.1 Å². The topological polar surface area (TPSA) is 79.5 Å². The third kappa shape index (κ3) is 3.33. The highest BCUT2D eigenvalue weighted by molar-refractivity contribution is 5.94. The molecule has 1 atom stereocenters. The molecule has 2 heterocycles. The number of cyclic esters (lactones) is 1. The quantitative estimate of drug-likeness (QED) is 0.703. The summed E-state index contributed by atoms with van der Waals surface area (Å²) in [6.45, 7) is 0.179. The van der Waals surface area contributed by atoms with Crippen LogP contribution in [0.15, 0.2) is 54.6 Å². The van der Waals surface area contributed by atoms with Gasteiger partial charge in [0, 0.05) is 17.3 Å². The van der Waals surface area contributed by atoms with Crippen molar-refractivity contribution in [2.75, 3.05) is 6.61 Å². The van der Waals surface area contributed by atoms with Crippen molar-refractivity contribution >= 4 is 29.2 Å². The van der Waals surface area contributed by atoms with Crippen molar-refractivity contribution in [2.45, 2.75) is 18.9 Å². The molecule has 0 radical (unpaired) electrons. The first kappa shape index (κ1) is 17.0. The Kier molecular flexibility index (Phi) is 4.46. The maximum absolute atomic E-state index is 12.7. The van der Waals surface area contributed by atoms with Crippen LogP contribution >= 0.6 is 0 Å². The number of amides is 2. The third-order valence-electron chi connectivity index (χ3n) is 4.79. The van der Waals surface area contributed by atoms with E-state index in [1.165, 1.54) is 4.90 Å². The maximum atomic E-state index is 12.7. The number of rotatable bonds is 5. The van der Waals surface area contributed by atoms with Crippen LogP contribution in [0.2, 0.25) is 0 Å². The smallest absolute Gasteiger partial charge is 0.417 e. The monoisotopic (exact) mass is 362 g/mol. The van der Waals surface area contributed by atoms with Crippen molar-refractivity contribution in [3.8, 4) is 0 Å². The van der Waals surface area contributed by atoms with Crippen LogP contribution in [0.1, 0.15) is 34.1 Å². The Morgan fingerprint density at radius 2 is 2.00 bits per heavy atom. The van der Waals surface area contributed by atoms with Gasteiger partial charge in [-0.15, -0.1) is 0 Å². The van der Waals surface area contributed by atoms with Gasteiger partial charge in [0.1, 0.15) is 12.6 Å². The summed E-state index contributed by atoms with van der Waals surface area (Å²) >= 11 is 0. The lowest BCUT2D eigenvalue weighted by Gasteiger charge is -2.19. The van der Waals surface area contributed by atoms with Crippen molar-refractivity contribution in [3.05, 3.63) is 71.4 Å². The Morgan fingerprint density at radius 1 is 1.19 bits per heavy atom. The van der Waals surface area contributed by atoms with Gasteiger partial charge in [-0.3, -0.25) is 9.59 Å². The maximum Gasteiger partial charge on any atom is 0.417 e. The molecule has 1 fully saturated rings. The van der Waals surface area contributed by atoms with E-state index in [4.69, 9.17) is 4.74 Å². The van der Waals surface area contributed by atoms with E-state index in [2.05, 4.69) is 4.98 Å². The molecule has 0 spiro atoms. The number of nitrogens with zero attached hydrogens (tertiary/aromatic N) is 1. The number of ether oxygens (including phenoxy) is 1. The van der Waals surface area contributed by atoms with Gasteiger partial charge in [0.15, 0.2) is 6.29 Å². The normalized spacial score (nSPS) is 16.5. The number of aromatic amines is 1. The Labute approximate surface area is 155 Å². The summed E-state index contributed by atoms with van der Waals surface area (Å²) in [5, 5.41) is 0.921. The molecule has 1 aliphatic heterocycles. The first-order valence-electron chi connectivity index (χ1n) is 8.76. The lowest BCUT2D eigenvalue weighted by Crippen LogP contribution is -2.34. The van der Waals surface area contributed by atoms with E-state index in [0.29, 0.717) is 12.1 Å². The number of carbonyl (C=O) groups excluding carboxylic acids is 3. The Morgan fingerprint density at radius 3 is 2.78 bits per heavy atom. The summed E-state index contributed by atoms with van der Waals surface area (Å²) in [5.74, 6) is -0.255. The molecule has 1 N–H and O–H groups in total. The Bertz CT molecular complexity index is 1010. The number of fused-ring (bicyclic) bond motifs is 1. The number of H-pyrrole nitrogens is 1. The summed E-state index contributed by atoms with van der Waals surface area (Å²) in [4.78, 5) is 39.9. The number of nitrogens with one attached hydrogen (secondary N) is 1. The summed E-state index contributed by atoms with van der Waals surface area (Å²) in [6.07, 6.45) is 0.883. The molecular weight excluding hydrogens is 344 g/mol. The van der Waals surface area contributed by atoms with E-state index in [1.807, 2.05) is 48.5 Å². The predicted molar refractivity (Wildman–Crippen MR) is 99.4 cm³/mol. The first-order valence-corrected chi connectivity index (χ1v) is 8.76. The number of carbonyl (C=O) groups is 3. The number of hydrogen-bond donors (Lipinski definition) is 1. The second-order valence-corrected chi connectivity index (χ2v) is 6.53. The fraction of sp³-hybridized carbons (Fsp3) is 0.190. The van der Waals surface area contributed by atoms with Gasteiger partial charge in [0.2, 0.25) is 5.91 Å². The molecule has 2 aromatic carbocycles. The molecule has 3 aromatic rings. The van der Waals surface area contributed by atoms with E-state index < -0.39 is 6.09 Å². The lowest BCUT2D eigenvalue weighted by atomic mass is 10.0. The van der Waals surface area contributed by atoms with Crippen molar-refractivity contribution in [1.29, 1.82) is 0 Å². The van der Waals surface area contributed by atoms with Crippen LogP contribution in [-0.2, 0) is 16.0 Å². The van der Waals surface area contributed by atoms with Gasteiger partial charge in [-0.2, -0.15) is 0 Å². The van der Waals surface area contributed by atoms with Gasteiger partial charge < -0.3 is 9.72 Å². The molecule has 6 nitrogen and oxygen atoms in total. The number of aryl methyl sites for hydroxylation is 1. The van der Waals surface area contributed by atoms with Crippen molar-refractivity contribution in [2.24, 2.45) is 0 Å². The molecular formula is C21H18N2O4. The number of aromatic nitrogens is 1. The van der Waals surface area contributed by atoms with E-state index in [9.17, 15) is 14.4 Å². The van der Waals surface area contributed by atoms with Gasteiger partial charge in [0.25, 0.3) is 0 Å². The highest BCUT2D eigenvalue weighted by Crippen LogP contribution is 2.28. The third-order valence-corrected chi connectivity index (χ3v) is 4.79. The molecule has 1 aliphatic rings. The molecule has 1 saturated heterocycles. The molecule has 0 saturated carbocycles. The minimum atomic E-state index is -0.592. The minimum absolute atomic E-state index is 0.179. The summed E-state index contributed by atoms with van der Waals surface area (Å²) in [6, 6.07) is 16.6. The van der Waals surface area contributed by atoms with Crippen LogP contribution in [-0.4, -0.2) is 34.8 Å². The van der Waals surface area contributed by atoms with Crippen LogP contribution in [0, 0.1) is 0 Å². The molecule has 6 heteroatoms. The summed E-state index contributed by atoms with van der Waals surface area (Å²) < 4.78 is 5.11. The van der Waals surface area contributed by atoms with Crippen LogP contribution in [0.3, 0.4) is 0 Å². The zero-order valence-corrected chi connectivity index (χ0v) is 14.6. The molecule has 0 bridgehead atoms. The van der Waals surface area contributed by atoms with E-state index in [0.717, 1.165) is 28.3 Å². The van der Waals surface area contributed by atoms with E-state index in [1.54, 1.807) is 6.07 Å². The van der Waals surface area contributed by atoms with Crippen molar-refractivity contribution in [1.82, 2.24) is 9.88 Å². The van der Waals surface area contributed by atoms with Crippen LogP contribution in [0.25, 0.3) is 10.9 Å². The van der Waals surface area contributed by atoms with Gasteiger partial charge in [-0.05, 0) is 35.7 Å². The van der Waals surface area contributed by atoms with Gasteiger partial charge >= 0.3 is 6.09 Å². The SMILES string of the molecule is O=Cc1cc2cc(CCC(=O)N3C(=O)OCC3c3ccccc3)ccc2[nH]1. The Balaban J connectivity index is 1.48. The van der Waals surface area contributed by atoms with Gasteiger partial charge in [0.05, 0.1) is 5.69 Å². The second kappa shape index (κ2) is 7.07. The standard InChI is InChI=1S/C21H18N2O4/c24-12-17-11-16-10-14(6-8-18(16)22-17)7-9-20(25)23-19(13-27-21(23)26)15-4-2-1-3-5-15/h1-6,8,10-12,19,22H,7,9,13H2. The zero-order chi connectivity index (χ0) is 18.8. The lowest BCUT2D eigenvalue weighted by molar-refractivity contribution is -0.129. The molecule has 136 valence electrons. The number of hydrogen-bond acceptors (Lipinski definition) is 4. The summed E-state index contributed by atoms with van der Waals surface area (Å²) in [7, 11) is 0. The van der Waals surface area contributed by atoms with Gasteiger partial charge in [-0.1, -0.05) is 36.4 Å². The Hall–Kier alpha value is -3.41. The molecule has 4 rings (SSSR count). The van der Waals surface area contributed by atoms with Crippen LogP contribution in [0.4, 0.5) is 4.79 Å². The first-order chi connectivity index (χ1) is 13.2. The zero-order valence-electron chi connectivity index (χ0n) is 14.6. The molecule has 0 aliphatic carbocycles. The highest BCUT2D eigenvalue weighted by atomic mass is 16.6. The fourth-order valence-corrected chi connectivity index (χ4v) is 3.41.